The second-order valence-electron chi connectivity index (χ2n) is 6.99. The summed E-state index contributed by atoms with van der Waals surface area (Å²) >= 11 is 9.03. The summed E-state index contributed by atoms with van der Waals surface area (Å²) in [6, 6.07) is 7.21. The van der Waals surface area contributed by atoms with Gasteiger partial charge < -0.3 is 10.2 Å². The van der Waals surface area contributed by atoms with E-state index in [0.717, 1.165) is 48.4 Å². The number of fused-ring (bicyclic) bond motifs is 1. The van der Waals surface area contributed by atoms with Crippen LogP contribution in [0.5, 0.6) is 0 Å². The summed E-state index contributed by atoms with van der Waals surface area (Å²) < 4.78 is 28.8. The van der Waals surface area contributed by atoms with Crippen LogP contribution in [-0.2, 0) is 0 Å². The highest BCUT2D eigenvalue weighted by atomic mass is 79.9. The van der Waals surface area contributed by atoms with E-state index in [4.69, 9.17) is 16.6 Å². The number of rotatable bonds is 3. The van der Waals surface area contributed by atoms with E-state index in [1.54, 1.807) is 6.07 Å². The maximum Gasteiger partial charge on any atom is 0.256 e. The first-order valence-corrected chi connectivity index (χ1v) is 10.3. The molecule has 1 aromatic heterocycles. The number of amides is 1. The normalized spacial score (nSPS) is 13.9. The van der Waals surface area contributed by atoms with Gasteiger partial charge >= 0.3 is 0 Å². The van der Waals surface area contributed by atoms with Crippen LogP contribution in [0.4, 0.5) is 20.3 Å². The van der Waals surface area contributed by atoms with Crippen molar-refractivity contribution in [2.45, 2.75) is 19.8 Å². The SMILES string of the molecule is Cc1c(N2CCCC2)nc2ccc(Br)cc2c1C(=O)Nc1cc(F)c(Cl)cc1F. The van der Waals surface area contributed by atoms with Gasteiger partial charge in [0.2, 0.25) is 0 Å². The fourth-order valence-electron chi connectivity index (χ4n) is 3.65. The van der Waals surface area contributed by atoms with Crippen LogP contribution in [0.25, 0.3) is 10.9 Å². The third kappa shape index (κ3) is 3.81. The number of hydrogen-bond acceptors (Lipinski definition) is 3. The molecule has 0 aliphatic carbocycles. The zero-order valence-electron chi connectivity index (χ0n) is 15.5. The number of hydrogen-bond donors (Lipinski definition) is 1. The number of anilines is 2. The Kier molecular flexibility index (Phi) is 5.44. The van der Waals surface area contributed by atoms with E-state index >= 15 is 0 Å². The molecule has 8 heteroatoms. The van der Waals surface area contributed by atoms with Crippen LogP contribution in [0, 0.1) is 18.6 Å². The number of carbonyl (C=O) groups is 1. The molecule has 1 aliphatic rings. The van der Waals surface area contributed by atoms with Crippen LogP contribution in [0.2, 0.25) is 5.02 Å². The lowest BCUT2D eigenvalue weighted by molar-refractivity contribution is 0.102. The lowest BCUT2D eigenvalue weighted by Crippen LogP contribution is -2.23. The van der Waals surface area contributed by atoms with E-state index < -0.39 is 17.5 Å². The van der Waals surface area contributed by atoms with Crippen molar-refractivity contribution < 1.29 is 13.6 Å². The molecule has 4 rings (SSSR count). The van der Waals surface area contributed by atoms with Crippen LogP contribution in [0.1, 0.15) is 28.8 Å². The van der Waals surface area contributed by atoms with Crippen LogP contribution in [-0.4, -0.2) is 24.0 Å². The van der Waals surface area contributed by atoms with Crippen molar-refractivity contribution in [1.29, 1.82) is 0 Å². The van der Waals surface area contributed by atoms with Crippen molar-refractivity contribution >= 4 is 55.8 Å². The molecule has 0 atom stereocenters. The van der Waals surface area contributed by atoms with E-state index in [9.17, 15) is 13.6 Å². The van der Waals surface area contributed by atoms with Crippen molar-refractivity contribution in [1.82, 2.24) is 4.98 Å². The van der Waals surface area contributed by atoms with E-state index in [2.05, 4.69) is 26.1 Å². The van der Waals surface area contributed by atoms with Crippen molar-refractivity contribution in [3.8, 4) is 0 Å². The third-order valence-corrected chi connectivity index (χ3v) is 5.84. The smallest absolute Gasteiger partial charge is 0.256 e. The first kappa shape index (κ1) is 20.0. The number of nitrogens with zero attached hydrogens (tertiary/aromatic N) is 2. The monoisotopic (exact) mass is 479 g/mol. The number of carbonyl (C=O) groups excluding carboxylic acids is 1. The molecule has 1 N–H and O–H groups in total. The molecule has 150 valence electrons. The molecule has 1 amide bonds. The van der Waals surface area contributed by atoms with Gasteiger partial charge in [0, 0.05) is 34.6 Å². The quantitative estimate of drug-likeness (QED) is 0.461. The van der Waals surface area contributed by atoms with E-state index in [1.807, 2.05) is 19.1 Å². The molecule has 1 aliphatic heterocycles. The molecule has 0 bridgehead atoms. The highest BCUT2D eigenvalue weighted by Crippen LogP contribution is 2.33. The predicted octanol–water partition coefficient (Wildman–Crippen LogP) is 6.09. The van der Waals surface area contributed by atoms with Crippen LogP contribution < -0.4 is 10.2 Å². The van der Waals surface area contributed by atoms with Crippen molar-refractivity contribution in [3.05, 3.63) is 62.6 Å². The average molecular weight is 481 g/mol. The van der Waals surface area contributed by atoms with Gasteiger partial charge in [-0.25, -0.2) is 13.8 Å². The molecule has 0 radical (unpaired) electrons. The fraction of sp³-hybridized carbons (Fsp3) is 0.238. The molecule has 2 aromatic carbocycles. The molecular formula is C21H17BrClF2N3O. The maximum absolute atomic E-state index is 14.2. The first-order valence-electron chi connectivity index (χ1n) is 9.16. The van der Waals surface area contributed by atoms with E-state index in [0.29, 0.717) is 22.0 Å². The van der Waals surface area contributed by atoms with Crippen molar-refractivity contribution in [3.63, 3.8) is 0 Å². The molecule has 2 heterocycles. The number of benzene rings is 2. The summed E-state index contributed by atoms with van der Waals surface area (Å²) in [4.78, 5) is 20.1. The van der Waals surface area contributed by atoms with Crippen molar-refractivity contribution in [2.24, 2.45) is 0 Å². The van der Waals surface area contributed by atoms with Gasteiger partial charge in [0.05, 0.1) is 21.8 Å². The summed E-state index contributed by atoms with van der Waals surface area (Å²) in [6.45, 7) is 3.57. The van der Waals surface area contributed by atoms with Crippen LogP contribution >= 0.6 is 27.5 Å². The van der Waals surface area contributed by atoms with E-state index in [-0.39, 0.29) is 10.7 Å². The molecule has 1 saturated heterocycles. The molecule has 0 saturated carbocycles. The average Bonchev–Trinajstić information content (AvgIpc) is 3.20. The Morgan fingerprint density at radius 3 is 2.62 bits per heavy atom. The zero-order chi connectivity index (χ0) is 20.7. The van der Waals surface area contributed by atoms with Gasteiger partial charge in [0.15, 0.2) is 0 Å². The Morgan fingerprint density at radius 2 is 1.90 bits per heavy atom. The Bertz CT molecular complexity index is 1130. The van der Waals surface area contributed by atoms with Gasteiger partial charge in [0.25, 0.3) is 5.91 Å². The highest BCUT2D eigenvalue weighted by Gasteiger charge is 2.24. The van der Waals surface area contributed by atoms with Gasteiger partial charge in [-0.05, 0) is 44.0 Å². The summed E-state index contributed by atoms with van der Waals surface area (Å²) in [5, 5.41) is 2.78. The topological polar surface area (TPSA) is 45.2 Å². The number of nitrogens with one attached hydrogen (secondary N) is 1. The minimum Gasteiger partial charge on any atom is -0.356 e. The minimum atomic E-state index is -0.805. The summed E-state index contributed by atoms with van der Waals surface area (Å²) in [6.07, 6.45) is 2.13. The van der Waals surface area contributed by atoms with Gasteiger partial charge in [0.1, 0.15) is 17.5 Å². The minimum absolute atomic E-state index is 0.265. The van der Waals surface area contributed by atoms with Gasteiger partial charge in [-0.1, -0.05) is 27.5 Å². The molecule has 1 fully saturated rings. The Hall–Kier alpha value is -2.25. The standard InChI is InChI=1S/C21H17BrClF2N3O/c1-11-19(21(29)27-18-10-15(24)14(23)9-16(18)25)13-8-12(22)4-5-17(13)26-20(11)28-6-2-3-7-28/h4-5,8-10H,2-3,6-7H2,1H3,(H,27,29). The molecule has 0 spiro atoms. The second kappa shape index (κ2) is 7.88. The molecule has 3 aromatic rings. The largest absolute Gasteiger partial charge is 0.356 e. The number of halogens is 4. The van der Waals surface area contributed by atoms with Crippen LogP contribution in [0.15, 0.2) is 34.8 Å². The predicted molar refractivity (Wildman–Crippen MR) is 115 cm³/mol. The Balaban J connectivity index is 1.84. The third-order valence-electron chi connectivity index (χ3n) is 5.06. The molecule has 0 unspecified atom stereocenters. The molecular weight excluding hydrogens is 464 g/mol. The molecule has 4 nitrogen and oxygen atoms in total. The second-order valence-corrected chi connectivity index (χ2v) is 8.31. The first-order chi connectivity index (χ1) is 13.8. The summed E-state index contributed by atoms with van der Waals surface area (Å²) in [7, 11) is 0. The van der Waals surface area contributed by atoms with Gasteiger partial charge in [-0.3, -0.25) is 4.79 Å². The lowest BCUT2D eigenvalue weighted by Gasteiger charge is -2.22. The van der Waals surface area contributed by atoms with Crippen molar-refractivity contribution in [2.75, 3.05) is 23.3 Å². The summed E-state index contributed by atoms with van der Waals surface area (Å²) in [5.41, 5.74) is 1.48. The molecule has 29 heavy (non-hydrogen) atoms. The van der Waals surface area contributed by atoms with Crippen LogP contribution in [0.3, 0.4) is 0 Å². The highest BCUT2D eigenvalue weighted by molar-refractivity contribution is 9.10. The lowest BCUT2D eigenvalue weighted by atomic mass is 10.0. The van der Waals surface area contributed by atoms with Gasteiger partial charge in [-0.2, -0.15) is 0 Å². The van der Waals surface area contributed by atoms with Gasteiger partial charge in [-0.15, -0.1) is 0 Å². The Labute approximate surface area is 180 Å². The number of pyridine rings is 1. The zero-order valence-corrected chi connectivity index (χ0v) is 17.9. The fourth-order valence-corrected chi connectivity index (χ4v) is 4.16. The number of aromatic nitrogens is 1. The summed E-state index contributed by atoms with van der Waals surface area (Å²) in [5.74, 6) is -1.40. The maximum atomic E-state index is 14.2. The Morgan fingerprint density at radius 1 is 1.17 bits per heavy atom. The van der Waals surface area contributed by atoms with E-state index in [1.165, 1.54) is 0 Å².